The molecule has 0 aliphatic rings. The van der Waals surface area contributed by atoms with E-state index in [-0.39, 0.29) is 5.91 Å². The van der Waals surface area contributed by atoms with Crippen LogP contribution in [0.15, 0.2) is 76.4 Å². The normalized spacial score (nSPS) is 11.7. The van der Waals surface area contributed by atoms with Crippen LogP contribution in [-0.4, -0.2) is 21.1 Å². The molecule has 2 heterocycles. The lowest BCUT2D eigenvalue weighted by atomic mass is 10.2. The summed E-state index contributed by atoms with van der Waals surface area (Å²) in [7, 11) is 0. The molecule has 0 fully saturated rings. The molecule has 0 bridgehead atoms. The Hall–Kier alpha value is -3.63. The minimum Gasteiger partial charge on any atom is -0.461 e. The predicted octanol–water partition coefficient (Wildman–Crippen LogP) is 4.88. The fourth-order valence-corrected chi connectivity index (χ4v) is 3.72. The number of nitrogens with one attached hydrogen (secondary N) is 1. The molecule has 0 saturated carbocycles. The Bertz CT molecular complexity index is 1220. The first-order chi connectivity index (χ1) is 14.1. The molecule has 0 aliphatic carbocycles. The number of thioether (sulfide) groups is 1. The minimum atomic E-state index is -0.413. The van der Waals surface area contributed by atoms with E-state index >= 15 is 0 Å². The van der Waals surface area contributed by atoms with Crippen LogP contribution < -0.4 is 5.32 Å². The summed E-state index contributed by atoms with van der Waals surface area (Å²) >= 11 is 1.35. The van der Waals surface area contributed by atoms with E-state index in [4.69, 9.17) is 9.68 Å². The molecule has 2 aromatic carbocycles. The van der Waals surface area contributed by atoms with Crippen molar-refractivity contribution in [3.05, 3.63) is 72.5 Å². The fourth-order valence-electron chi connectivity index (χ4n) is 2.78. The van der Waals surface area contributed by atoms with Crippen molar-refractivity contribution in [1.82, 2.24) is 9.97 Å². The van der Waals surface area contributed by atoms with E-state index in [1.54, 1.807) is 42.7 Å². The highest BCUT2D eigenvalue weighted by molar-refractivity contribution is 8.00. The van der Waals surface area contributed by atoms with Crippen molar-refractivity contribution < 1.29 is 9.21 Å². The third-order valence-corrected chi connectivity index (χ3v) is 5.33. The van der Waals surface area contributed by atoms with E-state index in [0.717, 1.165) is 10.9 Å². The van der Waals surface area contributed by atoms with E-state index in [9.17, 15) is 4.79 Å². The smallest absolute Gasteiger partial charge is 0.237 e. The highest BCUT2D eigenvalue weighted by Crippen LogP contribution is 2.31. The van der Waals surface area contributed by atoms with E-state index in [2.05, 4.69) is 21.4 Å². The molecule has 4 rings (SSSR count). The first kappa shape index (κ1) is 18.7. The van der Waals surface area contributed by atoms with Gasteiger partial charge in [-0.1, -0.05) is 36.0 Å². The van der Waals surface area contributed by atoms with Crippen LogP contribution in [0, 0.1) is 11.3 Å². The standard InChI is InChI=1S/C22H16N4O2S/c1-14(21(27)24-16-7-4-6-15(12-16)13-23)29-22-17-8-2-3-9-18(17)25-20(26-22)19-10-5-11-28-19/h2-12,14H,1H3,(H,24,27). The Morgan fingerprint density at radius 3 is 2.79 bits per heavy atom. The molecule has 1 atom stereocenters. The van der Waals surface area contributed by atoms with Crippen LogP contribution in [0.2, 0.25) is 0 Å². The zero-order valence-corrected chi connectivity index (χ0v) is 16.3. The van der Waals surface area contributed by atoms with E-state index in [0.29, 0.717) is 27.9 Å². The molecule has 0 spiro atoms. The summed E-state index contributed by atoms with van der Waals surface area (Å²) in [5, 5.41) is 13.0. The van der Waals surface area contributed by atoms with E-state index in [1.807, 2.05) is 31.2 Å². The molecule has 142 valence electrons. The Morgan fingerprint density at radius 1 is 1.14 bits per heavy atom. The summed E-state index contributed by atoms with van der Waals surface area (Å²) in [6.07, 6.45) is 1.58. The average molecular weight is 400 g/mol. The second kappa shape index (κ2) is 8.17. The summed E-state index contributed by atoms with van der Waals surface area (Å²) in [5.74, 6) is 0.876. The van der Waals surface area contributed by atoms with Crippen molar-refractivity contribution in [3.8, 4) is 17.7 Å². The third kappa shape index (κ3) is 4.13. The Morgan fingerprint density at radius 2 is 2.00 bits per heavy atom. The quantitative estimate of drug-likeness (QED) is 0.379. The molecule has 7 heteroatoms. The summed E-state index contributed by atoms with van der Waals surface area (Å²) in [6.45, 7) is 1.82. The van der Waals surface area contributed by atoms with Crippen LogP contribution in [0.5, 0.6) is 0 Å². The van der Waals surface area contributed by atoms with Crippen molar-refractivity contribution in [2.45, 2.75) is 17.2 Å². The lowest BCUT2D eigenvalue weighted by Crippen LogP contribution is -2.22. The number of furan rings is 1. The van der Waals surface area contributed by atoms with Crippen LogP contribution in [-0.2, 0) is 4.79 Å². The third-order valence-electron chi connectivity index (χ3n) is 4.23. The highest BCUT2D eigenvalue weighted by atomic mass is 32.2. The van der Waals surface area contributed by atoms with Gasteiger partial charge in [0.25, 0.3) is 0 Å². The SMILES string of the molecule is CC(Sc1nc(-c2ccco2)nc2ccccc12)C(=O)Nc1cccc(C#N)c1. The Labute approximate surface area is 171 Å². The molecular formula is C22H16N4O2S. The van der Waals surface area contributed by atoms with Gasteiger partial charge < -0.3 is 9.73 Å². The van der Waals surface area contributed by atoms with Crippen LogP contribution in [0.4, 0.5) is 5.69 Å². The van der Waals surface area contributed by atoms with Gasteiger partial charge in [-0.3, -0.25) is 4.79 Å². The summed E-state index contributed by atoms with van der Waals surface area (Å²) in [5.41, 5.74) is 1.86. The van der Waals surface area contributed by atoms with Crippen molar-refractivity contribution in [2.24, 2.45) is 0 Å². The summed E-state index contributed by atoms with van der Waals surface area (Å²) < 4.78 is 5.44. The number of amides is 1. The highest BCUT2D eigenvalue weighted by Gasteiger charge is 2.19. The molecule has 29 heavy (non-hydrogen) atoms. The van der Waals surface area contributed by atoms with Gasteiger partial charge in [0.1, 0.15) is 5.03 Å². The van der Waals surface area contributed by atoms with Crippen molar-refractivity contribution in [3.63, 3.8) is 0 Å². The molecule has 0 saturated heterocycles. The molecule has 0 radical (unpaired) electrons. The first-order valence-electron chi connectivity index (χ1n) is 8.92. The number of nitriles is 1. The Balaban J connectivity index is 1.61. The van der Waals surface area contributed by atoms with Gasteiger partial charge in [-0.2, -0.15) is 5.26 Å². The molecule has 1 amide bonds. The Kier molecular flexibility index (Phi) is 5.27. The largest absolute Gasteiger partial charge is 0.461 e. The molecule has 6 nitrogen and oxygen atoms in total. The maximum Gasteiger partial charge on any atom is 0.237 e. The molecule has 1 N–H and O–H groups in total. The van der Waals surface area contributed by atoms with E-state index < -0.39 is 5.25 Å². The van der Waals surface area contributed by atoms with Gasteiger partial charge in [-0.25, -0.2) is 9.97 Å². The lowest BCUT2D eigenvalue weighted by molar-refractivity contribution is -0.115. The molecule has 1 unspecified atom stereocenters. The number of hydrogen-bond donors (Lipinski definition) is 1. The lowest BCUT2D eigenvalue weighted by Gasteiger charge is -2.13. The zero-order valence-electron chi connectivity index (χ0n) is 15.5. The monoisotopic (exact) mass is 400 g/mol. The van der Waals surface area contributed by atoms with Crippen molar-refractivity contribution >= 4 is 34.3 Å². The number of para-hydroxylation sites is 1. The van der Waals surface area contributed by atoms with Crippen LogP contribution in [0.3, 0.4) is 0 Å². The van der Waals surface area contributed by atoms with Gasteiger partial charge in [-0.15, -0.1) is 0 Å². The number of rotatable bonds is 5. The van der Waals surface area contributed by atoms with Gasteiger partial charge >= 0.3 is 0 Å². The number of aromatic nitrogens is 2. The van der Waals surface area contributed by atoms with Gasteiger partial charge in [0.15, 0.2) is 11.6 Å². The van der Waals surface area contributed by atoms with Crippen molar-refractivity contribution in [1.29, 1.82) is 5.26 Å². The predicted molar refractivity (Wildman–Crippen MR) is 112 cm³/mol. The zero-order chi connectivity index (χ0) is 20.2. The number of carbonyl (C=O) groups is 1. The van der Waals surface area contributed by atoms with Crippen LogP contribution in [0.25, 0.3) is 22.5 Å². The van der Waals surface area contributed by atoms with Gasteiger partial charge in [0.2, 0.25) is 5.91 Å². The number of benzene rings is 2. The number of hydrogen-bond acceptors (Lipinski definition) is 6. The van der Waals surface area contributed by atoms with E-state index in [1.165, 1.54) is 11.8 Å². The summed E-state index contributed by atoms with van der Waals surface area (Å²) in [4.78, 5) is 21.9. The van der Waals surface area contributed by atoms with Crippen LogP contribution in [0.1, 0.15) is 12.5 Å². The topological polar surface area (TPSA) is 91.8 Å². The molecule has 0 aliphatic heterocycles. The number of carbonyl (C=O) groups excluding carboxylic acids is 1. The van der Waals surface area contributed by atoms with Crippen molar-refractivity contribution in [2.75, 3.05) is 5.32 Å². The summed E-state index contributed by atoms with van der Waals surface area (Å²) in [6, 6.07) is 20.2. The fraction of sp³-hybridized carbons (Fsp3) is 0.0909. The minimum absolute atomic E-state index is 0.174. The second-order valence-electron chi connectivity index (χ2n) is 6.29. The van der Waals surface area contributed by atoms with Gasteiger partial charge in [-0.05, 0) is 43.3 Å². The molecule has 2 aromatic heterocycles. The molecule has 4 aromatic rings. The van der Waals surface area contributed by atoms with Gasteiger partial charge in [0.05, 0.1) is 28.7 Å². The second-order valence-corrected chi connectivity index (χ2v) is 7.62. The number of nitrogens with zero attached hydrogens (tertiary/aromatic N) is 3. The van der Waals surface area contributed by atoms with Gasteiger partial charge in [0, 0.05) is 11.1 Å². The first-order valence-corrected chi connectivity index (χ1v) is 9.80. The average Bonchev–Trinajstić information content (AvgIpc) is 3.28. The number of fused-ring (bicyclic) bond motifs is 1. The maximum absolute atomic E-state index is 12.7. The van der Waals surface area contributed by atoms with Crippen LogP contribution >= 0.6 is 11.8 Å². The number of anilines is 1. The maximum atomic E-state index is 12.7. The molecular weight excluding hydrogens is 384 g/mol.